The molecule has 1 N–H and O–H groups in total. The number of ether oxygens (including phenoxy) is 1. The zero-order valence-electron chi connectivity index (χ0n) is 11.0. The lowest BCUT2D eigenvalue weighted by Gasteiger charge is -2.10. The van der Waals surface area contributed by atoms with Crippen molar-refractivity contribution in [2.75, 3.05) is 12.4 Å². The molecule has 0 unspecified atom stereocenters. The summed E-state index contributed by atoms with van der Waals surface area (Å²) in [7, 11) is 1.51. The van der Waals surface area contributed by atoms with Crippen molar-refractivity contribution in [3.05, 3.63) is 58.4 Å². The molecule has 104 valence electrons. The van der Waals surface area contributed by atoms with Gasteiger partial charge >= 0.3 is 0 Å². The van der Waals surface area contributed by atoms with Crippen LogP contribution in [0, 0.1) is 12.7 Å². The highest BCUT2D eigenvalue weighted by atomic mass is 35.5. The first-order chi connectivity index (χ1) is 9.51. The summed E-state index contributed by atoms with van der Waals surface area (Å²) in [5, 5.41) is 2.93. The molecule has 1 amide bonds. The van der Waals surface area contributed by atoms with Crippen LogP contribution < -0.4 is 10.1 Å². The molecule has 0 saturated heterocycles. The minimum Gasteiger partial charge on any atom is -0.497 e. The van der Waals surface area contributed by atoms with Gasteiger partial charge in [-0.15, -0.1) is 0 Å². The summed E-state index contributed by atoms with van der Waals surface area (Å²) >= 11 is 5.99. The van der Waals surface area contributed by atoms with Gasteiger partial charge < -0.3 is 10.1 Å². The number of carbonyl (C=O) groups is 1. The van der Waals surface area contributed by atoms with Gasteiger partial charge in [0.1, 0.15) is 11.6 Å². The average Bonchev–Trinajstić information content (AvgIpc) is 2.43. The monoisotopic (exact) mass is 293 g/mol. The maximum atomic E-state index is 13.7. The number of hydrogen-bond acceptors (Lipinski definition) is 2. The van der Waals surface area contributed by atoms with Gasteiger partial charge in [-0.2, -0.15) is 0 Å². The van der Waals surface area contributed by atoms with Crippen LogP contribution in [0.1, 0.15) is 15.9 Å². The second kappa shape index (κ2) is 5.92. The quantitative estimate of drug-likeness (QED) is 0.927. The van der Waals surface area contributed by atoms with Crippen molar-refractivity contribution in [3.8, 4) is 5.75 Å². The smallest absolute Gasteiger partial charge is 0.258 e. The van der Waals surface area contributed by atoms with Gasteiger partial charge in [0.15, 0.2) is 0 Å². The first-order valence-corrected chi connectivity index (χ1v) is 6.30. The molecule has 0 heterocycles. The minimum absolute atomic E-state index is 0.0242. The summed E-state index contributed by atoms with van der Waals surface area (Å²) in [4.78, 5) is 12.1. The first kappa shape index (κ1) is 14.3. The predicted octanol–water partition coefficient (Wildman–Crippen LogP) is 4.05. The van der Waals surface area contributed by atoms with E-state index in [0.717, 1.165) is 5.56 Å². The van der Waals surface area contributed by atoms with Crippen LogP contribution in [-0.4, -0.2) is 13.0 Å². The molecule has 20 heavy (non-hydrogen) atoms. The Labute approximate surface area is 121 Å². The zero-order valence-corrected chi connectivity index (χ0v) is 11.8. The van der Waals surface area contributed by atoms with E-state index in [1.54, 1.807) is 31.2 Å². The SMILES string of the molecule is COc1ccc(Cl)c(NC(=O)c2cc(C)ccc2F)c1. The number of hydrogen-bond donors (Lipinski definition) is 1. The van der Waals surface area contributed by atoms with Crippen LogP contribution in [0.15, 0.2) is 36.4 Å². The van der Waals surface area contributed by atoms with Crippen molar-refractivity contribution >= 4 is 23.2 Å². The van der Waals surface area contributed by atoms with Crippen LogP contribution in [-0.2, 0) is 0 Å². The molecular weight excluding hydrogens is 281 g/mol. The Morgan fingerprint density at radius 3 is 2.70 bits per heavy atom. The second-order valence-corrected chi connectivity index (χ2v) is 4.69. The normalized spacial score (nSPS) is 10.2. The van der Waals surface area contributed by atoms with Gasteiger partial charge in [0.05, 0.1) is 23.4 Å². The Morgan fingerprint density at radius 1 is 1.25 bits per heavy atom. The maximum Gasteiger partial charge on any atom is 0.258 e. The van der Waals surface area contributed by atoms with Crippen molar-refractivity contribution in [1.29, 1.82) is 0 Å². The van der Waals surface area contributed by atoms with Crippen LogP contribution in [0.3, 0.4) is 0 Å². The number of amides is 1. The van der Waals surface area contributed by atoms with E-state index in [1.165, 1.54) is 19.2 Å². The lowest BCUT2D eigenvalue weighted by Crippen LogP contribution is -2.14. The van der Waals surface area contributed by atoms with Crippen molar-refractivity contribution in [3.63, 3.8) is 0 Å². The van der Waals surface area contributed by atoms with E-state index in [4.69, 9.17) is 16.3 Å². The van der Waals surface area contributed by atoms with Crippen LogP contribution in [0.4, 0.5) is 10.1 Å². The van der Waals surface area contributed by atoms with Crippen molar-refractivity contribution in [2.45, 2.75) is 6.92 Å². The van der Waals surface area contributed by atoms with E-state index < -0.39 is 11.7 Å². The summed E-state index contributed by atoms with van der Waals surface area (Å²) in [5.41, 5.74) is 1.15. The number of aryl methyl sites for hydroxylation is 1. The molecule has 0 aliphatic rings. The van der Waals surface area contributed by atoms with Crippen molar-refractivity contribution < 1.29 is 13.9 Å². The molecule has 0 aliphatic carbocycles. The van der Waals surface area contributed by atoms with Crippen LogP contribution in [0.2, 0.25) is 5.02 Å². The second-order valence-electron chi connectivity index (χ2n) is 4.28. The molecule has 0 fully saturated rings. The highest BCUT2D eigenvalue weighted by Crippen LogP contribution is 2.27. The Bertz CT molecular complexity index is 658. The number of halogens is 2. The molecule has 0 bridgehead atoms. The fourth-order valence-corrected chi connectivity index (χ4v) is 1.89. The number of anilines is 1. The van der Waals surface area contributed by atoms with Crippen molar-refractivity contribution in [1.82, 2.24) is 0 Å². The topological polar surface area (TPSA) is 38.3 Å². The first-order valence-electron chi connectivity index (χ1n) is 5.92. The third-order valence-corrected chi connectivity index (χ3v) is 3.12. The number of carbonyl (C=O) groups excluding carboxylic acids is 1. The molecule has 2 rings (SSSR count). The van der Waals surface area contributed by atoms with E-state index in [2.05, 4.69) is 5.32 Å². The fraction of sp³-hybridized carbons (Fsp3) is 0.133. The van der Waals surface area contributed by atoms with Gasteiger partial charge in [-0.1, -0.05) is 23.2 Å². The van der Waals surface area contributed by atoms with Gasteiger partial charge in [0.2, 0.25) is 0 Å². The third kappa shape index (κ3) is 3.08. The highest BCUT2D eigenvalue weighted by molar-refractivity contribution is 6.34. The van der Waals surface area contributed by atoms with E-state index in [0.29, 0.717) is 16.5 Å². The van der Waals surface area contributed by atoms with E-state index in [1.807, 2.05) is 0 Å². The Kier molecular flexibility index (Phi) is 4.25. The standard InChI is InChI=1S/C15H13ClFNO2/c1-9-3-6-13(17)11(7-9)15(19)18-14-8-10(20-2)4-5-12(14)16/h3-8H,1-2H3,(H,18,19). The largest absolute Gasteiger partial charge is 0.497 e. The molecule has 2 aromatic rings. The fourth-order valence-electron chi connectivity index (χ4n) is 1.73. The molecule has 0 radical (unpaired) electrons. The molecule has 0 aromatic heterocycles. The molecule has 0 spiro atoms. The molecule has 3 nitrogen and oxygen atoms in total. The number of benzene rings is 2. The maximum absolute atomic E-state index is 13.7. The van der Waals surface area contributed by atoms with Gasteiger partial charge in [0.25, 0.3) is 5.91 Å². The van der Waals surface area contributed by atoms with Crippen LogP contribution >= 0.6 is 11.6 Å². The van der Waals surface area contributed by atoms with Crippen LogP contribution in [0.25, 0.3) is 0 Å². The minimum atomic E-state index is -0.577. The Morgan fingerprint density at radius 2 is 2.00 bits per heavy atom. The summed E-state index contributed by atoms with van der Waals surface area (Å²) in [5.74, 6) is -0.581. The molecule has 5 heteroatoms. The van der Waals surface area contributed by atoms with Gasteiger partial charge in [-0.05, 0) is 31.2 Å². The number of nitrogens with one attached hydrogen (secondary N) is 1. The van der Waals surface area contributed by atoms with Gasteiger partial charge in [-0.3, -0.25) is 4.79 Å². The Hall–Kier alpha value is -2.07. The van der Waals surface area contributed by atoms with Gasteiger partial charge in [-0.25, -0.2) is 4.39 Å². The van der Waals surface area contributed by atoms with Gasteiger partial charge in [0, 0.05) is 6.07 Å². The van der Waals surface area contributed by atoms with E-state index in [9.17, 15) is 9.18 Å². The molecule has 0 aliphatic heterocycles. The molecular formula is C15H13ClFNO2. The lowest BCUT2D eigenvalue weighted by atomic mass is 10.1. The number of methoxy groups -OCH3 is 1. The van der Waals surface area contributed by atoms with Crippen molar-refractivity contribution in [2.24, 2.45) is 0 Å². The average molecular weight is 294 g/mol. The molecule has 0 atom stereocenters. The summed E-state index contributed by atoms with van der Waals surface area (Å²) in [6.07, 6.45) is 0. The van der Waals surface area contributed by atoms with Crippen LogP contribution in [0.5, 0.6) is 5.75 Å². The van der Waals surface area contributed by atoms with E-state index in [-0.39, 0.29) is 5.56 Å². The molecule has 2 aromatic carbocycles. The summed E-state index contributed by atoms with van der Waals surface area (Å²) < 4.78 is 18.7. The van der Waals surface area contributed by atoms with E-state index >= 15 is 0 Å². The summed E-state index contributed by atoms with van der Waals surface area (Å²) in [6.45, 7) is 1.79. The number of rotatable bonds is 3. The zero-order chi connectivity index (χ0) is 14.7. The lowest BCUT2D eigenvalue weighted by molar-refractivity contribution is 0.102. The molecule has 0 saturated carbocycles. The third-order valence-electron chi connectivity index (χ3n) is 2.79. The Balaban J connectivity index is 2.30. The highest BCUT2D eigenvalue weighted by Gasteiger charge is 2.14. The summed E-state index contributed by atoms with van der Waals surface area (Å²) in [6, 6.07) is 9.20. The predicted molar refractivity (Wildman–Crippen MR) is 77.1 cm³/mol.